The first-order valence-corrected chi connectivity index (χ1v) is 17.8. The van der Waals surface area contributed by atoms with Crippen molar-refractivity contribution < 1.29 is 27.5 Å². The monoisotopic (exact) mass is 780 g/mol. The molecule has 0 saturated heterocycles. The van der Waals surface area contributed by atoms with Crippen LogP contribution in [0.5, 0.6) is 5.88 Å². The van der Waals surface area contributed by atoms with E-state index in [4.69, 9.17) is 32.0 Å². The Morgan fingerprint density at radius 3 is 2.35 bits per heavy atom. The number of benzene rings is 2. The maximum absolute atomic E-state index is 13.9. The van der Waals surface area contributed by atoms with E-state index in [0.717, 1.165) is 30.8 Å². The smallest absolute Gasteiger partial charge is 0.434 e. The average molecular weight is 781 g/mol. The van der Waals surface area contributed by atoms with Crippen LogP contribution in [0.15, 0.2) is 73.5 Å². The van der Waals surface area contributed by atoms with Crippen LogP contribution in [0.25, 0.3) is 22.8 Å². The second kappa shape index (κ2) is 16.5. The summed E-state index contributed by atoms with van der Waals surface area (Å²) in [6, 6.07) is 11.0. The molecule has 0 spiro atoms. The van der Waals surface area contributed by atoms with Gasteiger partial charge in [0.15, 0.2) is 11.5 Å². The number of nitrogens with zero attached hydrogens (tertiary/aromatic N) is 8. The minimum Gasteiger partial charge on any atom is -0.480 e. The Morgan fingerprint density at radius 1 is 0.982 bits per heavy atom. The predicted molar refractivity (Wildman–Crippen MR) is 205 cm³/mol. The number of alkyl halides is 3. The molecule has 2 amide bonds. The number of carbonyl (C=O) groups is 2. The minimum atomic E-state index is -4.69. The van der Waals surface area contributed by atoms with Crippen molar-refractivity contribution >= 4 is 29.2 Å². The van der Waals surface area contributed by atoms with Gasteiger partial charge in [-0.25, -0.2) is 24.9 Å². The third-order valence-corrected chi connectivity index (χ3v) is 9.16. The van der Waals surface area contributed by atoms with E-state index >= 15 is 0 Å². The van der Waals surface area contributed by atoms with Gasteiger partial charge in [0.25, 0.3) is 0 Å². The van der Waals surface area contributed by atoms with Crippen LogP contribution in [0.1, 0.15) is 77.1 Å². The summed E-state index contributed by atoms with van der Waals surface area (Å²) in [6.45, 7) is 3.34. The molecule has 0 bridgehead atoms. The first kappa shape index (κ1) is 39.8. The van der Waals surface area contributed by atoms with Gasteiger partial charge in [0.1, 0.15) is 24.0 Å². The summed E-state index contributed by atoms with van der Waals surface area (Å²) in [5.41, 5.74) is 13.0. The largest absolute Gasteiger partial charge is 0.480 e. The summed E-state index contributed by atoms with van der Waals surface area (Å²) in [4.78, 5) is 51.9. The van der Waals surface area contributed by atoms with Crippen LogP contribution in [0.2, 0.25) is 0 Å². The number of carbonyl (C=O) groups excluding carboxylic acids is 2. The zero-order valence-electron chi connectivity index (χ0n) is 31.2. The summed E-state index contributed by atoms with van der Waals surface area (Å²) in [6.07, 6.45) is 3.07. The van der Waals surface area contributed by atoms with Crippen molar-refractivity contribution in [1.29, 1.82) is 10.8 Å². The lowest BCUT2D eigenvalue weighted by molar-refractivity contribution is -0.140. The van der Waals surface area contributed by atoms with Crippen LogP contribution in [-0.4, -0.2) is 71.4 Å². The van der Waals surface area contributed by atoms with Crippen molar-refractivity contribution in [2.75, 3.05) is 18.6 Å². The number of amides is 2. The third-order valence-electron chi connectivity index (χ3n) is 9.16. The lowest BCUT2D eigenvalue weighted by atomic mass is 9.93. The first-order chi connectivity index (χ1) is 27.1. The van der Waals surface area contributed by atoms with Gasteiger partial charge in [-0.3, -0.25) is 9.59 Å². The molecule has 15 nitrogen and oxygen atoms in total. The quantitative estimate of drug-likeness (QED) is 0.0730. The topological polar surface area (TPSA) is 229 Å². The molecular formula is C39H39F3N12O3. The van der Waals surface area contributed by atoms with Gasteiger partial charge >= 0.3 is 6.18 Å². The summed E-state index contributed by atoms with van der Waals surface area (Å²) >= 11 is 0. The Morgan fingerprint density at radius 2 is 1.70 bits per heavy atom. The Kier molecular flexibility index (Phi) is 11.5. The lowest BCUT2D eigenvalue weighted by Gasteiger charge is -2.25. The van der Waals surface area contributed by atoms with Gasteiger partial charge in [0.2, 0.25) is 23.6 Å². The van der Waals surface area contributed by atoms with E-state index in [1.165, 1.54) is 36.5 Å². The van der Waals surface area contributed by atoms with Crippen LogP contribution in [0.3, 0.4) is 0 Å². The molecule has 6 N–H and O–H groups in total. The van der Waals surface area contributed by atoms with Gasteiger partial charge in [-0.2, -0.15) is 18.2 Å². The minimum absolute atomic E-state index is 0.000926. The summed E-state index contributed by atoms with van der Waals surface area (Å²) in [7, 11) is 1.48. The summed E-state index contributed by atoms with van der Waals surface area (Å²) in [5.74, 6) is -0.615. The van der Waals surface area contributed by atoms with Crippen LogP contribution in [-0.2, 0) is 23.9 Å². The fourth-order valence-electron chi connectivity index (χ4n) is 6.29. The average Bonchev–Trinajstić information content (AvgIpc) is 3.92. The van der Waals surface area contributed by atoms with E-state index in [9.17, 15) is 22.8 Å². The molecular weight excluding hydrogens is 742 g/mol. The second-order valence-corrected chi connectivity index (χ2v) is 13.6. The van der Waals surface area contributed by atoms with Crippen molar-refractivity contribution in [2.24, 2.45) is 11.5 Å². The number of hydrogen-bond acceptors (Lipinski definition) is 12. The number of hydrogen-bond donors (Lipinski definition) is 4. The zero-order chi connectivity index (χ0) is 41.0. The van der Waals surface area contributed by atoms with Gasteiger partial charge in [-0.15, -0.1) is 0 Å². The highest BCUT2D eigenvalue weighted by molar-refractivity contribution is 6.09. The van der Waals surface area contributed by atoms with Gasteiger partial charge in [-0.1, -0.05) is 30.3 Å². The van der Waals surface area contributed by atoms with Crippen LogP contribution in [0, 0.1) is 10.8 Å². The Bertz CT molecular complexity index is 2390. The Labute approximate surface area is 325 Å². The molecule has 18 heteroatoms. The number of nitrogens with two attached hydrogens (primary N) is 2. The number of imidazole rings is 1. The molecule has 1 aliphatic carbocycles. The molecule has 0 atom stereocenters. The number of anilines is 1. The molecule has 1 saturated carbocycles. The fraction of sp³-hybridized carbons (Fsp3) is 0.282. The Hall–Kier alpha value is -6.85. The Balaban J connectivity index is 1.48. The molecule has 57 heavy (non-hydrogen) atoms. The van der Waals surface area contributed by atoms with E-state index in [2.05, 4.69) is 24.9 Å². The molecule has 0 radical (unpaired) electrons. The fourth-order valence-corrected chi connectivity index (χ4v) is 6.29. The highest BCUT2D eigenvalue weighted by Crippen LogP contribution is 2.45. The van der Waals surface area contributed by atoms with Crippen LogP contribution < -0.4 is 21.1 Å². The number of rotatable bonds is 16. The van der Waals surface area contributed by atoms with Crippen molar-refractivity contribution in [1.82, 2.24) is 34.5 Å². The van der Waals surface area contributed by atoms with Gasteiger partial charge in [-0.05, 0) is 56.0 Å². The third kappa shape index (κ3) is 9.17. The number of ether oxygens (including phenoxy) is 1. The maximum atomic E-state index is 13.9. The molecule has 1 fully saturated rings. The molecule has 3 heterocycles. The van der Waals surface area contributed by atoms with Crippen LogP contribution in [0.4, 0.5) is 19.1 Å². The normalized spacial score (nSPS) is 12.9. The van der Waals surface area contributed by atoms with E-state index < -0.39 is 23.7 Å². The molecule has 1 aliphatic rings. The number of primary amides is 2. The molecule has 0 aliphatic heterocycles. The molecule has 3 aromatic heterocycles. The summed E-state index contributed by atoms with van der Waals surface area (Å²) in [5, 5.41) is 17.8. The van der Waals surface area contributed by atoms with Crippen molar-refractivity contribution in [3.63, 3.8) is 0 Å². The number of aromatic nitrogens is 7. The van der Waals surface area contributed by atoms with E-state index in [0.29, 0.717) is 22.3 Å². The molecule has 5 aromatic rings. The number of methoxy groups -OCH3 is 1. The highest BCUT2D eigenvalue weighted by atomic mass is 19.4. The van der Waals surface area contributed by atoms with Crippen molar-refractivity contribution in [3.05, 3.63) is 107 Å². The van der Waals surface area contributed by atoms with Crippen molar-refractivity contribution in [2.45, 2.75) is 57.8 Å². The van der Waals surface area contributed by atoms with Crippen LogP contribution >= 0.6 is 0 Å². The van der Waals surface area contributed by atoms with Gasteiger partial charge < -0.3 is 36.5 Å². The van der Waals surface area contributed by atoms with Crippen molar-refractivity contribution in [3.8, 4) is 28.7 Å². The second-order valence-electron chi connectivity index (χ2n) is 13.6. The molecule has 294 valence electrons. The van der Waals surface area contributed by atoms with E-state index in [1.807, 2.05) is 0 Å². The maximum Gasteiger partial charge on any atom is 0.434 e. The molecule has 6 rings (SSSR count). The lowest BCUT2D eigenvalue weighted by Crippen LogP contribution is -2.31. The number of halogens is 3. The van der Waals surface area contributed by atoms with Gasteiger partial charge in [0.05, 0.1) is 25.1 Å². The molecule has 2 aromatic carbocycles. The highest BCUT2D eigenvalue weighted by Gasteiger charge is 2.36. The zero-order valence-corrected chi connectivity index (χ0v) is 31.2. The summed E-state index contributed by atoms with van der Waals surface area (Å²) < 4.78 is 48.7. The van der Waals surface area contributed by atoms with Gasteiger partial charge in [0, 0.05) is 59.6 Å². The van der Waals surface area contributed by atoms with E-state index in [1.54, 1.807) is 55.1 Å². The molecule has 0 unspecified atom stereocenters. The first-order valence-electron chi connectivity index (χ1n) is 17.8. The standard InChI is InChI=1S/C39H39F3N12O3/c1-21(2)54-18-30(39(40,41)42)51-36(54)23-10-11-24(25(14-23)15-29(44)27-6-4-5-7-28(27)34(46)56)16-53(17-26(43)12-13-31(45)55)38-50-20-48-35(52-38)32-33(22-8-9-22)47-19-49-37(32)57-3/h4-7,10-14,18-22,43-44H,8-9,15-17H2,1-3H3,(H2,45,55)(H2,46,56)/b13-12-,43-26?,44-29?. The van der Waals surface area contributed by atoms with E-state index in [-0.39, 0.29) is 77.5 Å². The predicted octanol–water partition coefficient (Wildman–Crippen LogP) is 5.46. The number of nitrogens with one attached hydrogen (secondary N) is 2. The SMILES string of the molecule is COc1ncnc(C2CC2)c1-c1ncnc(N(CC(=N)/C=C\C(N)=O)Cc2ccc(-c3nc(C(F)(F)F)cn3C(C)C)cc2CC(=N)c2ccccc2C(N)=O)n1.